The van der Waals surface area contributed by atoms with Crippen molar-refractivity contribution in [1.29, 1.82) is 0 Å². The number of amides is 2. The highest BCUT2D eigenvalue weighted by molar-refractivity contribution is 8.00. The Bertz CT molecular complexity index is 1030. The molecule has 0 saturated heterocycles. The smallest absolute Gasteiger partial charge is 0.248 e. The quantitative estimate of drug-likeness (QED) is 0.488. The Labute approximate surface area is 171 Å². The molecular formula is C21H19ClN2O3S. The molecule has 4 rings (SSSR count). The van der Waals surface area contributed by atoms with Crippen LogP contribution >= 0.6 is 23.4 Å². The van der Waals surface area contributed by atoms with E-state index in [1.54, 1.807) is 18.4 Å². The maximum absolute atomic E-state index is 12.2. The summed E-state index contributed by atoms with van der Waals surface area (Å²) in [6.45, 7) is 0. The van der Waals surface area contributed by atoms with Crippen LogP contribution in [0, 0.1) is 0 Å². The molecule has 28 heavy (non-hydrogen) atoms. The van der Waals surface area contributed by atoms with Gasteiger partial charge in [-0.2, -0.15) is 0 Å². The van der Waals surface area contributed by atoms with E-state index < -0.39 is 0 Å². The van der Waals surface area contributed by atoms with Crippen LogP contribution in [0.4, 0.5) is 0 Å². The summed E-state index contributed by atoms with van der Waals surface area (Å²) in [6, 6.07) is 11.4. The lowest BCUT2D eigenvalue weighted by Gasteiger charge is -2.07. The molecule has 7 heteroatoms. The Morgan fingerprint density at radius 3 is 2.54 bits per heavy atom. The van der Waals surface area contributed by atoms with Crippen molar-refractivity contribution in [2.45, 2.75) is 30.6 Å². The minimum atomic E-state index is -0.284. The van der Waals surface area contributed by atoms with E-state index >= 15 is 0 Å². The van der Waals surface area contributed by atoms with Crippen LogP contribution < -0.4 is 10.9 Å². The van der Waals surface area contributed by atoms with E-state index in [1.807, 2.05) is 12.1 Å². The number of thioether (sulfide) groups is 1. The van der Waals surface area contributed by atoms with E-state index in [1.165, 1.54) is 22.9 Å². The second kappa shape index (κ2) is 8.29. The lowest BCUT2D eigenvalue weighted by atomic mass is 10.0. The van der Waals surface area contributed by atoms with Crippen LogP contribution in [0.3, 0.4) is 0 Å². The summed E-state index contributed by atoms with van der Waals surface area (Å²) in [5.74, 6) is -0.362. The van der Waals surface area contributed by atoms with Crippen LogP contribution in [0.1, 0.15) is 23.1 Å². The fourth-order valence-electron chi connectivity index (χ4n) is 3.36. The second-order valence-corrected chi connectivity index (χ2v) is 8.23. The first-order valence-corrected chi connectivity index (χ1v) is 10.4. The fraction of sp³-hybridized carbons (Fsp3) is 0.238. The third-order valence-electron chi connectivity index (χ3n) is 4.74. The van der Waals surface area contributed by atoms with Crippen molar-refractivity contribution >= 4 is 46.1 Å². The molecule has 0 saturated carbocycles. The van der Waals surface area contributed by atoms with Crippen molar-refractivity contribution in [2.24, 2.45) is 0 Å². The Morgan fingerprint density at radius 2 is 1.75 bits per heavy atom. The summed E-state index contributed by atoms with van der Waals surface area (Å²) in [4.78, 5) is 25.1. The molecule has 1 aromatic heterocycles. The first-order chi connectivity index (χ1) is 13.6. The van der Waals surface area contributed by atoms with Gasteiger partial charge in [0, 0.05) is 20.9 Å². The first-order valence-electron chi connectivity index (χ1n) is 9.06. The van der Waals surface area contributed by atoms with Crippen molar-refractivity contribution in [3.8, 4) is 0 Å². The number of rotatable bonds is 5. The molecule has 0 spiro atoms. The molecule has 2 aromatic carbocycles. The van der Waals surface area contributed by atoms with Gasteiger partial charge in [-0.1, -0.05) is 11.6 Å². The summed E-state index contributed by atoms with van der Waals surface area (Å²) in [7, 11) is 0. The van der Waals surface area contributed by atoms with E-state index in [4.69, 9.17) is 16.0 Å². The monoisotopic (exact) mass is 414 g/mol. The van der Waals surface area contributed by atoms with Gasteiger partial charge in [0.05, 0.1) is 18.4 Å². The number of benzene rings is 2. The number of carbonyl (C=O) groups excluding carboxylic acids is 2. The number of aryl methyl sites for hydroxylation is 2. The van der Waals surface area contributed by atoms with Crippen molar-refractivity contribution in [1.82, 2.24) is 10.9 Å². The number of hydrogen-bond acceptors (Lipinski definition) is 4. The van der Waals surface area contributed by atoms with Gasteiger partial charge in [-0.25, -0.2) is 0 Å². The number of hydrogen-bond donors (Lipinski definition) is 2. The molecule has 1 aliphatic rings. The molecule has 5 nitrogen and oxygen atoms in total. The number of nitrogens with one attached hydrogen (secondary N) is 2. The van der Waals surface area contributed by atoms with E-state index in [0.29, 0.717) is 5.02 Å². The van der Waals surface area contributed by atoms with Crippen molar-refractivity contribution in [3.05, 3.63) is 64.4 Å². The molecule has 3 aromatic rings. The highest BCUT2D eigenvalue weighted by Gasteiger charge is 2.17. The van der Waals surface area contributed by atoms with Gasteiger partial charge in [-0.05, 0) is 66.8 Å². The number of furan rings is 1. The summed E-state index contributed by atoms with van der Waals surface area (Å²) < 4.78 is 5.62. The predicted molar refractivity (Wildman–Crippen MR) is 110 cm³/mol. The topological polar surface area (TPSA) is 71.3 Å². The average molecular weight is 415 g/mol. The largest absolute Gasteiger partial charge is 0.464 e. The van der Waals surface area contributed by atoms with Crippen LogP contribution in [0.5, 0.6) is 0 Å². The first kappa shape index (κ1) is 18.9. The molecular weight excluding hydrogens is 396 g/mol. The van der Waals surface area contributed by atoms with Gasteiger partial charge in [0.15, 0.2) is 0 Å². The SMILES string of the molecule is O=C(CSc1ccc(Cl)cc1)NNC(=O)Cc1coc2cc3c(cc12)CCC3. The molecule has 0 radical (unpaired) electrons. The Balaban J connectivity index is 1.29. The molecule has 0 unspecified atom stereocenters. The predicted octanol–water partition coefficient (Wildman–Crippen LogP) is 4.06. The minimum Gasteiger partial charge on any atom is -0.464 e. The standard InChI is InChI=1S/C21H19ClN2O3S/c22-16-4-6-17(7-5-16)28-12-21(26)24-23-20(25)10-15-11-27-19-9-14-3-1-2-13(14)8-18(15)19/h4-9,11H,1-3,10,12H2,(H,23,25)(H,24,26). The second-order valence-electron chi connectivity index (χ2n) is 6.75. The van der Waals surface area contributed by atoms with Crippen molar-refractivity contribution < 1.29 is 14.0 Å². The molecule has 1 aliphatic carbocycles. The Morgan fingerprint density at radius 1 is 1.04 bits per heavy atom. The molecule has 2 amide bonds. The van der Waals surface area contributed by atoms with Crippen LogP contribution in [0.25, 0.3) is 11.0 Å². The highest BCUT2D eigenvalue weighted by atomic mass is 35.5. The van der Waals surface area contributed by atoms with Gasteiger partial charge in [0.25, 0.3) is 0 Å². The number of carbonyl (C=O) groups is 2. The van der Waals surface area contributed by atoms with E-state index in [0.717, 1.165) is 40.7 Å². The van der Waals surface area contributed by atoms with Gasteiger partial charge in [0.2, 0.25) is 11.8 Å². The normalized spacial score (nSPS) is 12.8. The number of halogens is 1. The van der Waals surface area contributed by atoms with Crippen LogP contribution in [0.15, 0.2) is 52.0 Å². The Kier molecular flexibility index (Phi) is 5.59. The van der Waals surface area contributed by atoms with Crippen LogP contribution in [-0.2, 0) is 28.9 Å². The molecule has 144 valence electrons. The highest BCUT2D eigenvalue weighted by Crippen LogP contribution is 2.30. The van der Waals surface area contributed by atoms with E-state index in [2.05, 4.69) is 23.0 Å². The zero-order valence-electron chi connectivity index (χ0n) is 15.1. The third-order valence-corrected chi connectivity index (χ3v) is 6.01. The van der Waals surface area contributed by atoms with Gasteiger partial charge >= 0.3 is 0 Å². The van der Waals surface area contributed by atoms with Gasteiger partial charge < -0.3 is 4.42 Å². The van der Waals surface area contributed by atoms with Crippen molar-refractivity contribution in [2.75, 3.05) is 5.75 Å². The molecule has 2 N–H and O–H groups in total. The third kappa shape index (κ3) is 4.34. The lowest BCUT2D eigenvalue weighted by Crippen LogP contribution is -2.43. The van der Waals surface area contributed by atoms with Crippen molar-refractivity contribution in [3.63, 3.8) is 0 Å². The lowest BCUT2D eigenvalue weighted by molar-refractivity contribution is -0.127. The minimum absolute atomic E-state index is 0.149. The molecule has 0 atom stereocenters. The maximum atomic E-state index is 12.2. The molecule has 0 aliphatic heterocycles. The Hall–Kier alpha value is -2.44. The summed E-state index contributed by atoms with van der Waals surface area (Å²) in [5, 5.41) is 1.62. The van der Waals surface area contributed by atoms with Crippen LogP contribution in [-0.4, -0.2) is 17.6 Å². The van der Waals surface area contributed by atoms with Gasteiger partial charge in [-0.3, -0.25) is 20.4 Å². The zero-order valence-corrected chi connectivity index (χ0v) is 16.7. The summed E-state index contributed by atoms with van der Waals surface area (Å²) in [6.07, 6.45) is 5.09. The summed E-state index contributed by atoms with van der Waals surface area (Å²) in [5.41, 5.74) is 9.23. The van der Waals surface area contributed by atoms with Gasteiger partial charge in [-0.15, -0.1) is 11.8 Å². The number of hydrazine groups is 1. The van der Waals surface area contributed by atoms with E-state index in [-0.39, 0.29) is 24.0 Å². The average Bonchev–Trinajstić information content (AvgIpc) is 3.30. The zero-order chi connectivity index (χ0) is 19.5. The number of fused-ring (bicyclic) bond motifs is 2. The van der Waals surface area contributed by atoms with Crippen LogP contribution in [0.2, 0.25) is 5.02 Å². The summed E-state index contributed by atoms with van der Waals surface area (Å²) >= 11 is 7.21. The molecule has 0 fully saturated rings. The molecule has 1 heterocycles. The maximum Gasteiger partial charge on any atom is 0.248 e. The fourth-order valence-corrected chi connectivity index (χ4v) is 4.18. The van der Waals surface area contributed by atoms with E-state index in [9.17, 15) is 9.59 Å². The van der Waals surface area contributed by atoms with Gasteiger partial charge in [0.1, 0.15) is 5.58 Å². The molecule has 0 bridgehead atoms.